The summed E-state index contributed by atoms with van der Waals surface area (Å²) in [4.78, 5) is 10.5. The molecule has 2 aliphatic rings. The first kappa shape index (κ1) is 27.8. The molecule has 0 radical (unpaired) electrons. The van der Waals surface area contributed by atoms with Gasteiger partial charge < -0.3 is 4.74 Å². The van der Waals surface area contributed by atoms with Crippen LogP contribution in [0.4, 0.5) is 0 Å². The van der Waals surface area contributed by atoms with Crippen LogP contribution in [0.5, 0.6) is 5.75 Å². The van der Waals surface area contributed by atoms with E-state index in [1.165, 1.54) is 33.0 Å². The van der Waals surface area contributed by atoms with Gasteiger partial charge in [0.05, 0.1) is 22.9 Å². The fraction of sp³-hybridized carbons (Fsp3) is 0.0435. The maximum Gasteiger partial charge on any atom is 0.132 e. The van der Waals surface area contributed by atoms with Crippen LogP contribution in [0, 0.1) is 0 Å². The van der Waals surface area contributed by atoms with Gasteiger partial charge in [0.25, 0.3) is 0 Å². The SMILES string of the molecule is C1=CC2Oc3c(-c4ccc(-c5cnc6c7cc(-c8ccccc8)ccc7c7ccc(-c8ccccc8)cc7c6n5)cc4)cccc3C2C=C1. The molecule has 2 unspecified atom stereocenters. The highest BCUT2D eigenvalue weighted by Crippen LogP contribution is 2.46. The van der Waals surface area contributed by atoms with E-state index in [0.717, 1.165) is 55.5 Å². The summed E-state index contributed by atoms with van der Waals surface area (Å²) in [5.41, 5.74) is 11.9. The number of allylic oxidation sites excluding steroid dienone is 2. The Kier molecular flexibility index (Phi) is 6.31. The van der Waals surface area contributed by atoms with Crippen molar-refractivity contribution in [3.05, 3.63) is 176 Å². The Hall–Kier alpha value is -6.32. The molecule has 3 nitrogen and oxygen atoms in total. The molecule has 0 N–H and O–H groups in total. The molecule has 0 fully saturated rings. The predicted octanol–water partition coefficient (Wildman–Crippen LogP) is 11.6. The summed E-state index contributed by atoms with van der Waals surface area (Å²) in [5.74, 6) is 1.25. The van der Waals surface area contributed by atoms with Gasteiger partial charge in [-0.3, -0.25) is 4.98 Å². The quantitative estimate of drug-likeness (QED) is 0.182. The van der Waals surface area contributed by atoms with Gasteiger partial charge in [-0.15, -0.1) is 0 Å². The number of para-hydroxylation sites is 1. The van der Waals surface area contributed by atoms with Gasteiger partial charge in [-0.25, -0.2) is 4.98 Å². The molecule has 0 saturated carbocycles. The zero-order valence-corrected chi connectivity index (χ0v) is 26.6. The van der Waals surface area contributed by atoms with Crippen LogP contribution < -0.4 is 4.74 Å². The van der Waals surface area contributed by atoms with E-state index in [4.69, 9.17) is 14.7 Å². The second-order valence-electron chi connectivity index (χ2n) is 12.9. The molecule has 0 bridgehead atoms. The molecular weight excluding hydrogens is 597 g/mol. The Balaban J connectivity index is 1.12. The zero-order valence-electron chi connectivity index (χ0n) is 26.6. The van der Waals surface area contributed by atoms with Gasteiger partial charge in [-0.2, -0.15) is 0 Å². The van der Waals surface area contributed by atoms with E-state index in [2.05, 4.69) is 164 Å². The van der Waals surface area contributed by atoms with Crippen molar-refractivity contribution in [2.24, 2.45) is 0 Å². The van der Waals surface area contributed by atoms with Gasteiger partial charge in [0.2, 0.25) is 0 Å². The maximum atomic E-state index is 6.45. The smallest absolute Gasteiger partial charge is 0.132 e. The predicted molar refractivity (Wildman–Crippen MR) is 202 cm³/mol. The number of ether oxygens (including phenoxy) is 1. The largest absolute Gasteiger partial charge is 0.484 e. The first-order chi connectivity index (χ1) is 24.3. The van der Waals surface area contributed by atoms with E-state index in [9.17, 15) is 0 Å². The Labute approximate surface area is 284 Å². The third-order valence-corrected chi connectivity index (χ3v) is 10.1. The lowest BCUT2D eigenvalue weighted by Gasteiger charge is -2.14. The van der Waals surface area contributed by atoms with Crippen molar-refractivity contribution >= 4 is 32.6 Å². The summed E-state index contributed by atoms with van der Waals surface area (Å²) in [5, 5.41) is 4.56. The number of aromatic nitrogens is 2. The molecule has 0 amide bonds. The van der Waals surface area contributed by atoms with Gasteiger partial charge >= 0.3 is 0 Å². The monoisotopic (exact) mass is 626 g/mol. The molecule has 2 heterocycles. The minimum Gasteiger partial charge on any atom is -0.484 e. The number of hydrogen-bond acceptors (Lipinski definition) is 3. The van der Waals surface area contributed by atoms with Gasteiger partial charge in [0.1, 0.15) is 11.9 Å². The molecular formula is C46H30N2O. The van der Waals surface area contributed by atoms with Crippen molar-refractivity contribution in [3.63, 3.8) is 0 Å². The van der Waals surface area contributed by atoms with Crippen molar-refractivity contribution in [2.75, 3.05) is 0 Å². The summed E-state index contributed by atoms with van der Waals surface area (Å²) >= 11 is 0. The fourth-order valence-corrected chi connectivity index (χ4v) is 7.60. The van der Waals surface area contributed by atoms with E-state index in [-0.39, 0.29) is 12.0 Å². The number of nitrogens with zero attached hydrogens (tertiary/aromatic N) is 2. The topological polar surface area (TPSA) is 35.0 Å². The highest BCUT2D eigenvalue weighted by atomic mass is 16.5. The lowest BCUT2D eigenvalue weighted by atomic mass is 9.90. The lowest BCUT2D eigenvalue weighted by Crippen LogP contribution is -2.15. The number of rotatable bonds is 4. The summed E-state index contributed by atoms with van der Waals surface area (Å²) in [7, 11) is 0. The van der Waals surface area contributed by atoms with Crippen LogP contribution in [-0.2, 0) is 0 Å². The molecule has 2 atom stereocenters. The second-order valence-corrected chi connectivity index (χ2v) is 12.9. The minimum absolute atomic E-state index is 0.0605. The Bertz CT molecular complexity index is 2620. The number of hydrogen-bond donors (Lipinski definition) is 0. The average Bonchev–Trinajstić information content (AvgIpc) is 3.57. The molecule has 1 aliphatic carbocycles. The summed E-state index contributed by atoms with van der Waals surface area (Å²) < 4.78 is 6.45. The second kappa shape index (κ2) is 11.1. The number of benzene rings is 7. The summed E-state index contributed by atoms with van der Waals surface area (Å²) in [6.45, 7) is 0. The Morgan fingerprint density at radius 1 is 0.469 bits per heavy atom. The van der Waals surface area contributed by atoms with Crippen molar-refractivity contribution in [2.45, 2.75) is 12.0 Å². The molecule has 3 heteroatoms. The zero-order chi connectivity index (χ0) is 32.3. The summed E-state index contributed by atoms with van der Waals surface area (Å²) in [6, 6.07) is 49.6. The van der Waals surface area contributed by atoms with E-state index in [1.807, 2.05) is 6.20 Å². The molecule has 10 rings (SSSR count). The molecule has 7 aromatic carbocycles. The van der Waals surface area contributed by atoms with Crippen LogP contribution in [0.3, 0.4) is 0 Å². The molecule has 0 spiro atoms. The highest BCUT2D eigenvalue weighted by molar-refractivity contribution is 6.24. The van der Waals surface area contributed by atoms with Crippen LogP contribution in [0.15, 0.2) is 170 Å². The van der Waals surface area contributed by atoms with Crippen LogP contribution in [0.1, 0.15) is 11.5 Å². The Morgan fingerprint density at radius 2 is 1.08 bits per heavy atom. The van der Waals surface area contributed by atoms with Crippen LogP contribution >= 0.6 is 0 Å². The standard InChI is InChI=1S/C46H30N2O/c1-3-10-29(11-4-1)33-22-24-36-37-25-23-34(30-12-5-2-6-13-30)27-41(37)45-44(40(36)26-33)47-28-42(48-45)32-20-18-31(19-21-32)35-15-9-16-39-38-14-7-8-17-43(38)49-46(35)39/h1-28,38,43H. The molecule has 8 aromatic rings. The Morgan fingerprint density at radius 3 is 1.78 bits per heavy atom. The van der Waals surface area contributed by atoms with Crippen molar-refractivity contribution in [1.82, 2.24) is 9.97 Å². The van der Waals surface area contributed by atoms with E-state index in [1.54, 1.807) is 0 Å². The van der Waals surface area contributed by atoms with E-state index < -0.39 is 0 Å². The molecule has 49 heavy (non-hydrogen) atoms. The highest BCUT2D eigenvalue weighted by Gasteiger charge is 2.33. The number of fused-ring (bicyclic) bond motifs is 9. The van der Waals surface area contributed by atoms with E-state index in [0.29, 0.717) is 0 Å². The molecule has 1 aromatic heterocycles. The molecule has 230 valence electrons. The van der Waals surface area contributed by atoms with Crippen molar-refractivity contribution in [1.29, 1.82) is 0 Å². The van der Waals surface area contributed by atoms with Crippen LogP contribution in [0.25, 0.3) is 77.2 Å². The lowest BCUT2D eigenvalue weighted by molar-refractivity contribution is 0.270. The summed E-state index contributed by atoms with van der Waals surface area (Å²) in [6.07, 6.45) is 10.6. The first-order valence-corrected chi connectivity index (χ1v) is 16.8. The minimum atomic E-state index is 0.0605. The van der Waals surface area contributed by atoms with Crippen molar-refractivity contribution < 1.29 is 4.74 Å². The van der Waals surface area contributed by atoms with Gasteiger partial charge in [-0.1, -0.05) is 146 Å². The van der Waals surface area contributed by atoms with Crippen LogP contribution in [-0.4, -0.2) is 16.1 Å². The maximum absolute atomic E-state index is 6.45. The first-order valence-electron chi connectivity index (χ1n) is 16.8. The normalized spacial score (nSPS) is 16.2. The average molecular weight is 627 g/mol. The van der Waals surface area contributed by atoms with Gasteiger partial charge in [-0.05, 0) is 56.8 Å². The van der Waals surface area contributed by atoms with Gasteiger partial charge in [0, 0.05) is 33.4 Å². The van der Waals surface area contributed by atoms with Gasteiger partial charge in [0.15, 0.2) is 0 Å². The van der Waals surface area contributed by atoms with E-state index >= 15 is 0 Å². The van der Waals surface area contributed by atoms with Crippen LogP contribution in [0.2, 0.25) is 0 Å². The molecule has 1 aliphatic heterocycles. The third-order valence-electron chi connectivity index (χ3n) is 10.1. The van der Waals surface area contributed by atoms with Crippen molar-refractivity contribution in [3.8, 4) is 50.4 Å². The molecule has 0 saturated heterocycles. The fourth-order valence-electron chi connectivity index (χ4n) is 7.60. The third kappa shape index (κ3) is 4.58.